The Labute approximate surface area is 197 Å². The van der Waals surface area contributed by atoms with E-state index in [1.165, 1.54) is 56.7 Å². The highest BCUT2D eigenvalue weighted by molar-refractivity contribution is 5.32. The minimum atomic E-state index is -0.960. The van der Waals surface area contributed by atoms with Crippen LogP contribution in [-0.4, -0.2) is 6.61 Å². The Balaban J connectivity index is 1.47. The first-order chi connectivity index (χ1) is 16.0. The van der Waals surface area contributed by atoms with E-state index in [4.69, 9.17) is 4.74 Å². The van der Waals surface area contributed by atoms with Crippen LogP contribution in [0, 0.1) is 29.3 Å². The van der Waals surface area contributed by atoms with Gasteiger partial charge in [-0.05, 0) is 98.9 Å². The SMILES string of the molecule is CCCC1CCC(/C=C/CCc2ccc(CCc3ccc(OCC)c(F)c3F)cc2F)CC1. The molecule has 0 aliphatic heterocycles. The van der Waals surface area contributed by atoms with Crippen molar-refractivity contribution >= 4 is 0 Å². The van der Waals surface area contributed by atoms with Crippen LogP contribution in [-0.2, 0) is 19.3 Å². The molecule has 0 unspecified atom stereocenters. The number of aryl methyl sites for hydroxylation is 3. The van der Waals surface area contributed by atoms with Gasteiger partial charge in [0.1, 0.15) is 5.82 Å². The van der Waals surface area contributed by atoms with Crippen LogP contribution in [0.1, 0.15) is 75.5 Å². The molecular formula is C29H37F3O. The molecule has 0 atom stereocenters. The highest BCUT2D eigenvalue weighted by Crippen LogP contribution is 2.32. The molecule has 0 saturated heterocycles. The standard InChI is InChI=1S/C29H37F3O/c1-3-7-21-10-12-22(13-11-21)8-5-6-9-24-16-14-23(20-26(24)30)15-17-25-18-19-27(33-4-2)29(32)28(25)31/h5,8,14,16,18-22H,3-4,6-7,9-13,15,17H2,1-2H3/b8-5+. The van der Waals surface area contributed by atoms with E-state index >= 15 is 0 Å². The van der Waals surface area contributed by atoms with E-state index in [9.17, 15) is 13.2 Å². The molecule has 0 amide bonds. The van der Waals surface area contributed by atoms with Gasteiger partial charge in [-0.3, -0.25) is 0 Å². The molecule has 0 radical (unpaired) electrons. The van der Waals surface area contributed by atoms with E-state index in [-0.39, 0.29) is 23.7 Å². The monoisotopic (exact) mass is 458 g/mol. The van der Waals surface area contributed by atoms with Crippen LogP contribution >= 0.6 is 0 Å². The Hall–Kier alpha value is -2.23. The van der Waals surface area contributed by atoms with Gasteiger partial charge in [-0.1, -0.05) is 50.1 Å². The van der Waals surface area contributed by atoms with Gasteiger partial charge in [0.05, 0.1) is 6.61 Å². The van der Waals surface area contributed by atoms with E-state index < -0.39 is 11.6 Å². The fourth-order valence-corrected chi connectivity index (χ4v) is 4.86. The lowest BCUT2D eigenvalue weighted by atomic mass is 9.80. The number of hydrogen-bond acceptors (Lipinski definition) is 1. The predicted octanol–water partition coefficient (Wildman–Crippen LogP) is 8.38. The van der Waals surface area contributed by atoms with Gasteiger partial charge in [-0.15, -0.1) is 0 Å². The van der Waals surface area contributed by atoms with Crippen molar-refractivity contribution in [3.63, 3.8) is 0 Å². The topological polar surface area (TPSA) is 9.23 Å². The molecular weight excluding hydrogens is 421 g/mol. The second-order valence-electron chi connectivity index (χ2n) is 9.25. The zero-order chi connectivity index (χ0) is 23.6. The fraction of sp³-hybridized carbons (Fsp3) is 0.517. The van der Waals surface area contributed by atoms with Crippen molar-refractivity contribution in [2.24, 2.45) is 11.8 Å². The first kappa shape index (κ1) is 25.4. The summed E-state index contributed by atoms with van der Waals surface area (Å²) in [6, 6.07) is 8.22. The maximum Gasteiger partial charge on any atom is 0.200 e. The van der Waals surface area contributed by atoms with Crippen LogP contribution in [0.4, 0.5) is 13.2 Å². The van der Waals surface area contributed by atoms with Crippen LogP contribution in [0.3, 0.4) is 0 Å². The summed E-state index contributed by atoms with van der Waals surface area (Å²) < 4.78 is 48.0. The van der Waals surface area contributed by atoms with Gasteiger partial charge in [0.25, 0.3) is 0 Å². The Morgan fingerprint density at radius 3 is 2.33 bits per heavy atom. The third-order valence-corrected chi connectivity index (χ3v) is 6.80. The summed E-state index contributed by atoms with van der Waals surface area (Å²) >= 11 is 0. The Bertz CT molecular complexity index is 913. The maximum absolute atomic E-state index is 14.6. The quantitative estimate of drug-likeness (QED) is 0.307. The van der Waals surface area contributed by atoms with E-state index in [0.717, 1.165) is 17.9 Å². The summed E-state index contributed by atoms with van der Waals surface area (Å²) in [6.07, 6.45) is 14.7. The molecule has 0 aromatic heterocycles. The smallest absolute Gasteiger partial charge is 0.200 e. The third-order valence-electron chi connectivity index (χ3n) is 6.80. The number of halogens is 3. The van der Waals surface area contributed by atoms with Gasteiger partial charge in [0.2, 0.25) is 5.82 Å². The lowest BCUT2D eigenvalue weighted by Crippen LogP contribution is -2.12. The van der Waals surface area contributed by atoms with Crippen LogP contribution < -0.4 is 4.74 Å². The van der Waals surface area contributed by atoms with Crippen molar-refractivity contribution in [2.75, 3.05) is 6.61 Å². The molecule has 2 aromatic carbocycles. The summed E-state index contributed by atoms with van der Waals surface area (Å²) in [7, 11) is 0. The Morgan fingerprint density at radius 2 is 1.64 bits per heavy atom. The highest BCUT2D eigenvalue weighted by Gasteiger charge is 2.18. The number of rotatable bonds is 11. The third kappa shape index (κ3) is 7.38. The van der Waals surface area contributed by atoms with Crippen molar-refractivity contribution in [3.05, 3.63) is 76.6 Å². The average molecular weight is 459 g/mol. The molecule has 0 heterocycles. The molecule has 1 aliphatic carbocycles. The van der Waals surface area contributed by atoms with Gasteiger partial charge in [-0.2, -0.15) is 4.39 Å². The molecule has 3 rings (SSSR count). The average Bonchev–Trinajstić information content (AvgIpc) is 2.81. The lowest BCUT2D eigenvalue weighted by Gasteiger charge is -2.26. The predicted molar refractivity (Wildman–Crippen MR) is 129 cm³/mol. The van der Waals surface area contributed by atoms with Crippen LogP contribution in [0.5, 0.6) is 5.75 Å². The largest absolute Gasteiger partial charge is 0.491 e. The van der Waals surface area contributed by atoms with Crippen LogP contribution in [0.15, 0.2) is 42.5 Å². The van der Waals surface area contributed by atoms with E-state index in [1.807, 2.05) is 12.1 Å². The molecule has 180 valence electrons. The van der Waals surface area contributed by atoms with Crippen molar-refractivity contribution in [1.29, 1.82) is 0 Å². The van der Waals surface area contributed by atoms with E-state index in [2.05, 4.69) is 19.1 Å². The van der Waals surface area contributed by atoms with E-state index in [1.54, 1.807) is 6.92 Å². The summed E-state index contributed by atoms with van der Waals surface area (Å²) in [5, 5.41) is 0. The van der Waals surface area contributed by atoms with Gasteiger partial charge >= 0.3 is 0 Å². The van der Waals surface area contributed by atoms with Gasteiger partial charge < -0.3 is 4.74 Å². The maximum atomic E-state index is 14.6. The van der Waals surface area contributed by atoms with Crippen molar-refractivity contribution in [3.8, 4) is 5.75 Å². The Morgan fingerprint density at radius 1 is 0.879 bits per heavy atom. The fourth-order valence-electron chi connectivity index (χ4n) is 4.86. The molecule has 0 bridgehead atoms. The minimum absolute atomic E-state index is 0.0765. The molecule has 1 nitrogen and oxygen atoms in total. The molecule has 1 saturated carbocycles. The van der Waals surface area contributed by atoms with Gasteiger partial charge in [-0.25, -0.2) is 8.78 Å². The normalized spacial score (nSPS) is 18.7. The molecule has 33 heavy (non-hydrogen) atoms. The molecule has 0 N–H and O–H groups in total. The number of ether oxygens (including phenoxy) is 1. The summed E-state index contributed by atoms with van der Waals surface area (Å²) in [4.78, 5) is 0. The Kier molecular flexibility index (Phi) is 9.90. The second kappa shape index (κ2) is 12.9. The summed E-state index contributed by atoms with van der Waals surface area (Å²) in [6.45, 7) is 4.26. The summed E-state index contributed by atoms with van der Waals surface area (Å²) in [5.74, 6) is -0.552. The van der Waals surface area contributed by atoms with Gasteiger partial charge in [0.15, 0.2) is 11.6 Å². The lowest BCUT2D eigenvalue weighted by molar-refractivity contribution is 0.294. The molecule has 4 heteroatoms. The van der Waals surface area contributed by atoms with Crippen LogP contribution in [0.2, 0.25) is 0 Å². The van der Waals surface area contributed by atoms with E-state index in [0.29, 0.717) is 30.7 Å². The van der Waals surface area contributed by atoms with Crippen molar-refractivity contribution < 1.29 is 17.9 Å². The highest BCUT2D eigenvalue weighted by atomic mass is 19.2. The number of allylic oxidation sites excluding steroid dienone is 2. The van der Waals surface area contributed by atoms with Crippen LogP contribution in [0.25, 0.3) is 0 Å². The van der Waals surface area contributed by atoms with Gasteiger partial charge in [0, 0.05) is 0 Å². The second-order valence-corrected chi connectivity index (χ2v) is 9.25. The molecule has 1 aliphatic rings. The van der Waals surface area contributed by atoms with Crippen molar-refractivity contribution in [2.45, 2.75) is 78.1 Å². The molecule has 2 aromatic rings. The molecule has 0 spiro atoms. The number of hydrogen-bond donors (Lipinski definition) is 0. The first-order valence-electron chi connectivity index (χ1n) is 12.5. The molecule has 1 fully saturated rings. The first-order valence-corrected chi connectivity index (χ1v) is 12.5. The summed E-state index contributed by atoms with van der Waals surface area (Å²) in [5.41, 5.74) is 1.76. The number of benzene rings is 2. The van der Waals surface area contributed by atoms with Crippen molar-refractivity contribution in [1.82, 2.24) is 0 Å². The zero-order valence-corrected chi connectivity index (χ0v) is 20.0. The minimum Gasteiger partial charge on any atom is -0.491 e. The zero-order valence-electron chi connectivity index (χ0n) is 20.0.